The minimum absolute atomic E-state index is 0.306. The van der Waals surface area contributed by atoms with E-state index in [1.165, 1.54) is 6.20 Å². The molecule has 0 spiro atoms. The first-order valence-corrected chi connectivity index (χ1v) is 4.65. The van der Waals surface area contributed by atoms with E-state index in [0.29, 0.717) is 11.4 Å². The Hall–Kier alpha value is -1.36. The molecule has 0 atom stereocenters. The molecule has 0 fully saturated rings. The third kappa shape index (κ3) is 1.77. The summed E-state index contributed by atoms with van der Waals surface area (Å²) in [5.41, 5.74) is 0.306. The number of halogens is 2. The van der Waals surface area contributed by atoms with Gasteiger partial charge in [0.25, 0.3) is 0 Å². The standard InChI is InChI=1S/C9H5BrFN3/c10-6-4-13-9(14-5-6)7-2-1-3-12-8(7)11/h1-5H. The van der Waals surface area contributed by atoms with Gasteiger partial charge in [-0.25, -0.2) is 15.0 Å². The average Bonchev–Trinajstić information content (AvgIpc) is 2.20. The monoisotopic (exact) mass is 253 g/mol. The van der Waals surface area contributed by atoms with Crippen molar-refractivity contribution in [2.24, 2.45) is 0 Å². The molecule has 0 aliphatic carbocycles. The van der Waals surface area contributed by atoms with Crippen molar-refractivity contribution in [3.8, 4) is 11.4 Å². The zero-order valence-electron chi connectivity index (χ0n) is 6.98. The predicted molar refractivity (Wildman–Crippen MR) is 52.9 cm³/mol. The molecule has 0 aliphatic heterocycles. The molecule has 2 heterocycles. The molecule has 2 aromatic rings. The van der Waals surface area contributed by atoms with Crippen molar-refractivity contribution in [1.29, 1.82) is 0 Å². The van der Waals surface area contributed by atoms with E-state index in [4.69, 9.17) is 0 Å². The van der Waals surface area contributed by atoms with E-state index < -0.39 is 5.95 Å². The van der Waals surface area contributed by atoms with Crippen molar-refractivity contribution in [3.05, 3.63) is 41.1 Å². The highest BCUT2D eigenvalue weighted by Crippen LogP contribution is 2.17. The van der Waals surface area contributed by atoms with Crippen LogP contribution in [-0.4, -0.2) is 15.0 Å². The minimum Gasteiger partial charge on any atom is -0.235 e. The fourth-order valence-corrected chi connectivity index (χ4v) is 1.21. The number of aromatic nitrogens is 3. The van der Waals surface area contributed by atoms with Gasteiger partial charge in [-0.05, 0) is 28.1 Å². The highest BCUT2D eigenvalue weighted by atomic mass is 79.9. The molecule has 0 aliphatic rings. The van der Waals surface area contributed by atoms with Crippen molar-refractivity contribution in [1.82, 2.24) is 15.0 Å². The zero-order chi connectivity index (χ0) is 9.97. The number of hydrogen-bond acceptors (Lipinski definition) is 3. The number of hydrogen-bond donors (Lipinski definition) is 0. The summed E-state index contributed by atoms with van der Waals surface area (Å²) in [7, 11) is 0. The summed E-state index contributed by atoms with van der Waals surface area (Å²) in [5, 5.41) is 0. The van der Waals surface area contributed by atoms with E-state index in [0.717, 1.165) is 4.47 Å². The second kappa shape index (κ2) is 3.79. The summed E-state index contributed by atoms with van der Waals surface area (Å²) >= 11 is 3.20. The fraction of sp³-hybridized carbons (Fsp3) is 0. The van der Waals surface area contributed by atoms with Gasteiger partial charge < -0.3 is 0 Å². The summed E-state index contributed by atoms with van der Waals surface area (Å²) < 4.78 is 13.9. The van der Waals surface area contributed by atoms with Gasteiger partial charge in [-0.1, -0.05) is 0 Å². The van der Waals surface area contributed by atoms with Crippen LogP contribution in [0.1, 0.15) is 0 Å². The zero-order valence-corrected chi connectivity index (χ0v) is 8.57. The molecule has 5 heteroatoms. The molecule has 0 saturated carbocycles. The normalized spacial score (nSPS) is 10.1. The number of nitrogens with zero attached hydrogens (tertiary/aromatic N) is 3. The molecule has 0 saturated heterocycles. The van der Waals surface area contributed by atoms with Crippen LogP contribution >= 0.6 is 15.9 Å². The lowest BCUT2D eigenvalue weighted by molar-refractivity contribution is 0.586. The molecule has 0 radical (unpaired) electrons. The molecule has 0 aromatic carbocycles. The molecular weight excluding hydrogens is 249 g/mol. The van der Waals surface area contributed by atoms with Crippen LogP contribution in [0.15, 0.2) is 35.2 Å². The molecule has 70 valence electrons. The van der Waals surface area contributed by atoms with Crippen LogP contribution in [0.3, 0.4) is 0 Å². The Morgan fingerprint density at radius 1 is 1.14 bits per heavy atom. The van der Waals surface area contributed by atoms with Crippen molar-refractivity contribution in [2.45, 2.75) is 0 Å². The SMILES string of the molecule is Fc1ncccc1-c1ncc(Br)cn1. The van der Waals surface area contributed by atoms with Crippen LogP contribution in [0.2, 0.25) is 0 Å². The van der Waals surface area contributed by atoms with Gasteiger partial charge in [0.15, 0.2) is 5.82 Å². The Kier molecular flexibility index (Phi) is 2.49. The maximum atomic E-state index is 13.2. The Balaban J connectivity index is 2.50. The highest BCUT2D eigenvalue weighted by Gasteiger charge is 2.06. The molecule has 2 aromatic heterocycles. The Morgan fingerprint density at radius 2 is 1.86 bits per heavy atom. The lowest BCUT2D eigenvalue weighted by atomic mass is 10.2. The van der Waals surface area contributed by atoms with E-state index >= 15 is 0 Å². The Labute approximate surface area is 88.2 Å². The summed E-state index contributed by atoms with van der Waals surface area (Å²) in [5.74, 6) is -0.228. The van der Waals surface area contributed by atoms with Crippen LogP contribution < -0.4 is 0 Å². The maximum Gasteiger partial charge on any atom is 0.223 e. The van der Waals surface area contributed by atoms with E-state index in [-0.39, 0.29) is 0 Å². The van der Waals surface area contributed by atoms with Gasteiger partial charge in [0, 0.05) is 18.6 Å². The lowest BCUT2D eigenvalue weighted by Crippen LogP contribution is -1.92. The Morgan fingerprint density at radius 3 is 2.50 bits per heavy atom. The predicted octanol–water partition coefficient (Wildman–Crippen LogP) is 2.44. The summed E-state index contributed by atoms with van der Waals surface area (Å²) in [6.45, 7) is 0. The highest BCUT2D eigenvalue weighted by molar-refractivity contribution is 9.10. The van der Waals surface area contributed by atoms with Crippen LogP contribution in [0.25, 0.3) is 11.4 Å². The number of pyridine rings is 1. The van der Waals surface area contributed by atoms with Crippen molar-refractivity contribution < 1.29 is 4.39 Å². The topological polar surface area (TPSA) is 38.7 Å². The van der Waals surface area contributed by atoms with Gasteiger partial charge in [0.05, 0.1) is 10.0 Å². The van der Waals surface area contributed by atoms with E-state index in [9.17, 15) is 4.39 Å². The molecule has 14 heavy (non-hydrogen) atoms. The first-order valence-electron chi connectivity index (χ1n) is 3.86. The minimum atomic E-state index is -0.560. The van der Waals surface area contributed by atoms with E-state index in [1.807, 2.05) is 0 Å². The molecule has 2 rings (SSSR count). The van der Waals surface area contributed by atoms with Crippen LogP contribution in [0.4, 0.5) is 4.39 Å². The molecule has 3 nitrogen and oxygen atoms in total. The van der Waals surface area contributed by atoms with E-state index in [1.54, 1.807) is 24.5 Å². The molecule has 0 bridgehead atoms. The van der Waals surface area contributed by atoms with Gasteiger partial charge in [0.1, 0.15) is 0 Å². The van der Waals surface area contributed by atoms with Gasteiger partial charge >= 0.3 is 0 Å². The quantitative estimate of drug-likeness (QED) is 0.733. The molecule has 0 unspecified atom stereocenters. The number of rotatable bonds is 1. The molecule has 0 N–H and O–H groups in total. The van der Waals surface area contributed by atoms with Crippen molar-refractivity contribution >= 4 is 15.9 Å². The first-order chi connectivity index (χ1) is 6.77. The second-order valence-corrected chi connectivity index (χ2v) is 3.48. The van der Waals surface area contributed by atoms with Crippen LogP contribution in [0.5, 0.6) is 0 Å². The summed E-state index contributed by atoms with van der Waals surface area (Å²) in [4.78, 5) is 11.5. The average molecular weight is 254 g/mol. The van der Waals surface area contributed by atoms with Gasteiger partial charge in [-0.3, -0.25) is 0 Å². The lowest BCUT2D eigenvalue weighted by Gasteiger charge is -1.99. The first kappa shape index (κ1) is 9.21. The van der Waals surface area contributed by atoms with E-state index in [2.05, 4.69) is 30.9 Å². The largest absolute Gasteiger partial charge is 0.235 e. The van der Waals surface area contributed by atoms with Gasteiger partial charge in [-0.15, -0.1) is 0 Å². The summed E-state index contributed by atoms with van der Waals surface area (Å²) in [6.07, 6.45) is 4.52. The Bertz CT molecular complexity index is 444. The molecule has 0 amide bonds. The van der Waals surface area contributed by atoms with Crippen LogP contribution in [-0.2, 0) is 0 Å². The third-order valence-corrected chi connectivity index (χ3v) is 2.03. The smallest absolute Gasteiger partial charge is 0.223 e. The van der Waals surface area contributed by atoms with Gasteiger partial charge in [-0.2, -0.15) is 4.39 Å². The second-order valence-electron chi connectivity index (χ2n) is 2.57. The molecular formula is C9H5BrFN3. The van der Waals surface area contributed by atoms with Crippen molar-refractivity contribution in [2.75, 3.05) is 0 Å². The van der Waals surface area contributed by atoms with Crippen LogP contribution in [0, 0.1) is 5.95 Å². The summed E-state index contributed by atoms with van der Waals surface area (Å²) in [6, 6.07) is 3.23. The maximum absolute atomic E-state index is 13.2. The third-order valence-electron chi connectivity index (χ3n) is 1.62. The van der Waals surface area contributed by atoms with Crippen molar-refractivity contribution in [3.63, 3.8) is 0 Å². The van der Waals surface area contributed by atoms with Gasteiger partial charge in [0.2, 0.25) is 5.95 Å². The fourth-order valence-electron chi connectivity index (χ4n) is 1.00.